The topological polar surface area (TPSA) is 30.5 Å². The van der Waals surface area contributed by atoms with E-state index in [2.05, 4.69) is 29.6 Å². The minimum absolute atomic E-state index is 0.782. The Kier molecular flexibility index (Phi) is 3.60. The molecule has 1 heterocycles. The molecule has 0 amide bonds. The number of hydrogen-bond acceptors (Lipinski definition) is 4. The first-order chi connectivity index (χ1) is 11.3. The Labute approximate surface area is 139 Å². The van der Waals surface area contributed by atoms with Gasteiger partial charge in [-0.3, -0.25) is 0 Å². The summed E-state index contributed by atoms with van der Waals surface area (Å²) >= 11 is 1.75. The smallest absolute Gasteiger partial charge is 0.152 e. The molecule has 23 heavy (non-hydrogen) atoms. The van der Waals surface area contributed by atoms with E-state index in [0.29, 0.717) is 0 Å². The first-order valence-electron chi connectivity index (χ1n) is 7.32. The van der Waals surface area contributed by atoms with Crippen LogP contribution in [0.1, 0.15) is 0 Å². The van der Waals surface area contributed by atoms with Crippen LogP contribution in [0.15, 0.2) is 76.5 Å². The Bertz CT molecular complexity index is 846. The molecule has 3 aromatic rings. The largest absolute Gasteiger partial charge is 0.497 e. The van der Waals surface area contributed by atoms with Crippen molar-refractivity contribution in [1.29, 1.82) is 0 Å². The van der Waals surface area contributed by atoms with Crippen LogP contribution in [-0.2, 0) is 0 Å². The summed E-state index contributed by atoms with van der Waals surface area (Å²) in [4.78, 5) is 2.39. The lowest BCUT2D eigenvalue weighted by molar-refractivity contribution is 0.413. The van der Waals surface area contributed by atoms with E-state index in [0.717, 1.165) is 33.5 Å². The van der Waals surface area contributed by atoms with E-state index in [1.165, 1.54) is 4.90 Å². The summed E-state index contributed by atoms with van der Waals surface area (Å²) in [7, 11) is 1.65. The summed E-state index contributed by atoms with van der Waals surface area (Å²) in [5.74, 6) is 2.41. The summed E-state index contributed by atoms with van der Waals surface area (Å²) in [6.07, 6.45) is 0. The van der Waals surface area contributed by atoms with E-state index in [-0.39, 0.29) is 0 Å². The quantitative estimate of drug-likeness (QED) is 0.524. The first-order valence-corrected chi connectivity index (χ1v) is 8.14. The molecule has 0 spiro atoms. The Balaban J connectivity index is 1.66. The van der Waals surface area contributed by atoms with Gasteiger partial charge >= 0.3 is 0 Å². The second-order valence-corrected chi connectivity index (χ2v) is 6.21. The van der Waals surface area contributed by atoms with Crippen LogP contribution in [0.2, 0.25) is 0 Å². The molecule has 0 saturated heterocycles. The van der Waals surface area contributed by atoms with Gasteiger partial charge in [0.15, 0.2) is 5.75 Å². The van der Waals surface area contributed by atoms with Crippen molar-refractivity contribution >= 4 is 23.1 Å². The Morgan fingerprint density at radius 3 is 2.35 bits per heavy atom. The van der Waals surface area contributed by atoms with Gasteiger partial charge in [-0.25, -0.2) is 0 Å². The van der Waals surface area contributed by atoms with Gasteiger partial charge in [0.05, 0.1) is 18.5 Å². The van der Waals surface area contributed by atoms with Crippen LogP contribution in [0, 0.1) is 0 Å². The number of benzene rings is 3. The summed E-state index contributed by atoms with van der Waals surface area (Å²) in [5, 5.41) is 3.48. The highest BCUT2D eigenvalue weighted by Crippen LogP contribution is 2.48. The molecule has 0 saturated carbocycles. The van der Waals surface area contributed by atoms with Gasteiger partial charge in [-0.15, -0.1) is 0 Å². The average molecular weight is 321 g/mol. The molecular formula is C19H15NO2S. The first kappa shape index (κ1) is 14.0. The molecule has 0 atom stereocenters. The van der Waals surface area contributed by atoms with Crippen LogP contribution in [-0.4, -0.2) is 7.11 Å². The highest BCUT2D eigenvalue weighted by molar-refractivity contribution is 7.99. The minimum Gasteiger partial charge on any atom is -0.497 e. The van der Waals surface area contributed by atoms with Crippen molar-refractivity contribution in [3.63, 3.8) is 0 Å². The van der Waals surface area contributed by atoms with E-state index in [1.54, 1.807) is 18.9 Å². The fourth-order valence-corrected chi connectivity index (χ4v) is 3.50. The number of rotatable bonds is 3. The molecule has 0 radical (unpaired) electrons. The molecule has 0 aromatic heterocycles. The molecule has 0 fully saturated rings. The van der Waals surface area contributed by atoms with Crippen LogP contribution < -0.4 is 14.8 Å². The number of fused-ring (bicyclic) bond motifs is 2. The van der Waals surface area contributed by atoms with Crippen LogP contribution in [0.4, 0.5) is 11.4 Å². The lowest BCUT2D eigenvalue weighted by atomic mass is 10.2. The van der Waals surface area contributed by atoms with Crippen LogP contribution in [0.5, 0.6) is 17.2 Å². The number of anilines is 2. The van der Waals surface area contributed by atoms with Gasteiger partial charge in [0.2, 0.25) is 0 Å². The van der Waals surface area contributed by atoms with Crippen molar-refractivity contribution in [3.05, 3.63) is 66.7 Å². The molecule has 114 valence electrons. The molecule has 3 nitrogen and oxygen atoms in total. The molecule has 1 aliphatic rings. The van der Waals surface area contributed by atoms with Gasteiger partial charge < -0.3 is 14.8 Å². The van der Waals surface area contributed by atoms with Crippen molar-refractivity contribution in [2.75, 3.05) is 12.4 Å². The molecule has 0 unspecified atom stereocenters. The third-order valence-corrected chi connectivity index (χ3v) is 4.78. The highest BCUT2D eigenvalue weighted by atomic mass is 32.2. The lowest BCUT2D eigenvalue weighted by Gasteiger charge is -2.23. The van der Waals surface area contributed by atoms with Crippen LogP contribution >= 0.6 is 11.8 Å². The third-order valence-electron chi connectivity index (χ3n) is 3.64. The maximum Gasteiger partial charge on any atom is 0.152 e. The van der Waals surface area contributed by atoms with Crippen molar-refractivity contribution in [3.8, 4) is 17.2 Å². The minimum atomic E-state index is 0.782. The van der Waals surface area contributed by atoms with Gasteiger partial charge in [0, 0.05) is 9.79 Å². The normalized spacial score (nSPS) is 11.9. The third kappa shape index (κ3) is 2.73. The van der Waals surface area contributed by atoms with Gasteiger partial charge in [0.25, 0.3) is 0 Å². The number of methoxy groups -OCH3 is 1. The molecule has 3 aromatic carbocycles. The Hall–Kier alpha value is -2.59. The molecule has 0 bridgehead atoms. The van der Waals surface area contributed by atoms with Gasteiger partial charge in [-0.2, -0.15) is 0 Å². The Morgan fingerprint density at radius 1 is 0.783 bits per heavy atom. The molecular weight excluding hydrogens is 306 g/mol. The van der Waals surface area contributed by atoms with Gasteiger partial charge in [-0.1, -0.05) is 30.0 Å². The second kappa shape index (κ2) is 5.89. The molecule has 1 aliphatic heterocycles. The van der Waals surface area contributed by atoms with E-state index < -0.39 is 0 Å². The van der Waals surface area contributed by atoms with E-state index in [1.807, 2.05) is 42.5 Å². The summed E-state index contributed by atoms with van der Waals surface area (Å²) in [5.41, 5.74) is 2.11. The van der Waals surface area contributed by atoms with Crippen molar-refractivity contribution in [2.45, 2.75) is 9.79 Å². The lowest BCUT2D eigenvalue weighted by Crippen LogP contribution is -2.01. The van der Waals surface area contributed by atoms with E-state index in [9.17, 15) is 0 Å². The Morgan fingerprint density at radius 2 is 1.52 bits per heavy atom. The maximum absolute atomic E-state index is 6.06. The number of hydrogen-bond donors (Lipinski definition) is 1. The van der Waals surface area contributed by atoms with Crippen molar-refractivity contribution < 1.29 is 9.47 Å². The number of nitrogens with one attached hydrogen (secondary N) is 1. The summed E-state index contributed by atoms with van der Waals surface area (Å²) in [6, 6.07) is 22.0. The predicted molar refractivity (Wildman–Crippen MR) is 93.4 cm³/mol. The average Bonchev–Trinajstić information content (AvgIpc) is 2.61. The van der Waals surface area contributed by atoms with E-state index >= 15 is 0 Å². The molecule has 1 N–H and O–H groups in total. The summed E-state index contributed by atoms with van der Waals surface area (Å²) in [6.45, 7) is 0. The fraction of sp³-hybridized carbons (Fsp3) is 0.0526. The van der Waals surface area contributed by atoms with Gasteiger partial charge in [-0.05, 0) is 48.5 Å². The van der Waals surface area contributed by atoms with Crippen molar-refractivity contribution in [2.24, 2.45) is 0 Å². The maximum atomic E-state index is 6.06. The molecule has 4 heteroatoms. The zero-order valence-corrected chi connectivity index (χ0v) is 13.4. The SMILES string of the molecule is COc1ccc(Oc2cccc3c2Nc2ccccc2S3)cc1. The fourth-order valence-electron chi connectivity index (χ4n) is 2.49. The zero-order valence-electron chi connectivity index (χ0n) is 12.6. The number of para-hydroxylation sites is 2. The summed E-state index contributed by atoms with van der Waals surface area (Å²) < 4.78 is 11.2. The van der Waals surface area contributed by atoms with Gasteiger partial charge in [0.1, 0.15) is 11.5 Å². The highest BCUT2D eigenvalue weighted by Gasteiger charge is 2.19. The van der Waals surface area contributed by atoms with Crippen LogP contribution in [0.3, 0.4) is 0 Å². The predicted octanol–water partition coefficient (Wildman–Crippen LogP) is 5.70. The number of ether oxygens (including phenoxy) is 2. The second-order valence-electron chi connectivity index (χ2n) is 5.13. The van der Waals surface area contributed by atoms with Crippen molar-refractivity contribution in [1.82, 2.24) is 0 Å². The molecule has 4 rings (SSSR count). The molecule has 0 aliphatic carbocycles. The van der Waals surface area contributed by atoms with E-state index in [4.69, 9.17) is 9.47 Å². The standard InChI is InChI=1S/C19H15NO2S/c1-21-13-9-11-14(12-10-13)22-16-6-4-8-18-19(16)20-15-5-2-3-7-17(15)23-18/h2-12,20H,1H3. The monoisotopic (exact) mass is 321 g/mol. The van der Waals surface area contributed by atoms with Crippen LogP contribution in [0.25, 0.3) is 0 Å². The zero-order chi connectivity index (χ0) is 15.6.